The van der Waals surface area contributed by atoms with Crippen LogP contribution in [0.1, 0.15) is 70.4 Å². The molecule has 3 heterocycles. The van der Waals surface area contributed by atoms with Crippen molar-refractivity contribution in [2.45, 2.75) is 44.6 Å². The molecule has 1 fully saturated rings. The Morgan fingerprint density at radius 2 is 2.09 bits per heavy atom. The molecule has 2 aliphatic heterocycles. The quantitative estimate of drug-likeness (QED) is 0.261. The number of imide groups is 1. The number of hydrogen-bond donors (Lipinski definition) is 1. The van der Waals surface area contributed by atoms with Gasteiger partial charge in [0.05, 0.1) is 10.5 Å². The lowest BCUT2D eigenvalue weighted by molar-refractivity contribution is -0.385. The summed E-state index contributed by atoms with van der Waals surface area (Å²) in [5.41, 5.74) is -0.455. The van der Waals surface area contributed by atoms with Gasteiger partial charge in [-0.2, -0.15) is 0 Å². The minimum Gasteiger partial charge on any atom is -0.371 e. The van der Waals surface area contributed by atoms with E-state index in [0.717, 1.165) is 22.7 Å². The van der Waals surface area contributed by atoms with Crippen molar-refractivity contribution < 1.29 is 24.0 Å². The van der Waals surface area contributed by atoms with Gasteiger partial charge in [0.25, 0.3) is 17.5 Å². The van der Waals surface area contributed by atoms with Crippen molar-refractivity contribution in [2.24, 2.45) is 0 Å². The Kier molecular flexibility index (Phi) is 6.51. The predicted octanol–water partition coefficient (Wildman–Crippen LogP) is 3.09. The van der Waals surface area contributed by atoms with E-state index in [1.54, 1.807) is 0 Å². The van der Waals surface area contributed by atoms with Gasteiger partial charge in [-0.25, -0.2) is 0 Å². The lowest BCUT2D eigenvalue weighted by atomic mass is 10.1. The number of fused-ring (bicyclic) bond motifs is 1. The van der Waals surface area contributed by atoms with Crippen LogP contribution in [0.4, 0.5) is 10.8 Å². The van der Waals surface area contributed by atoms with Crippen molar-refractivity contribution in [1.29, 1.82) is 0 Å². The maximum absolute atomic E-state index is 12.5. The standard InChI is InChI=1S/C20H21N5O6S/c26-15(21-20-23-22-17(32-20)14-8-5-11-31-14)9-2-1-3-10-24-18(27)12-6-4-7-13(25(29)30)16(12)19(24)28/h4,6-7,14H,1-3,5,8-11H2,(H,21,23,26)/t14-/m0/s1. The molecule has 4 rings (SSSR count). The number of carbonyl (C=O) groups is 3. The molecule has 0 unspecified atom stereocenters. The third kappa shape index (κ3) is 4.50. The summed E-state index contributed by atoms with van der Waals surface area (Å²) in [5, 5.41) is 23.1. The zero-order valence-electron chi connectivity index (χ0n) is 17.1. The third-order valence-corrected chi connectivity index (χ3v) is 6.28. The summed E-state index contributed by atoms with van der Waals surface area (Å²) in [5.74, 6) is -1.35. The molecule has 168 valence electrons. The predicted molar refractivity (Wildman–Crippen MR) is 113 cm³/mol. The number of benzene rings is 1. The first-order valence-electron chi connectivity index (χ1n) is 10.3. The van der Waals surface area contributed by atoms with Gasteiger partial charge in [-0.05, 0) is 31.7 Å². The van der Waals surface area contributed by atoms with Crippen LogP contribution in [0.2, 0.25) is 0 Å². The van der Waals surface area contributed by atoms with Crippen LogP contribution >= 0.6 is 11.3 Å². The molecule has 0 saturated carbocycles. The van der Waals surface area contributed by atoms with E-state index in [-0.39, 0.29) is 41.8 Å². The van der Waals surface area contributed by atoms with Gasteiger partial charge < -0.3 is 10.1 Å². The lowest BCUT2D eigenvalue weighted by Gasteiger charge is -2.13. The van der Waals surface area contributed by atoms with Crippen molar-refractivity contribution >= 4 is 39.9 Å². The largest absolute Gasteiger partial charge is 0.371 e. The molecule has 32 heavy (non-hydrogen) atoms. The Hall–Kier alpha value is -3.25. The van der Waals surface area contributed by atoms with Gasteiger partial charge in [0, 0.05) is 25.6 Å². The maximum atomic E-state index is 12.5. The van der Waals surface area contributed by atoms with E-state index < -0.39 is 16.7 Å². The Morgan fingerprint density at radius 3 is 2.84 bits per heavy atom. The minimum atomic E-state index is -0.659. The minimum absolute atomic E-state index is 0.0401. The summed E-state index contributed by atoms with van der Waals surface area (Å²) < 4.78 is 5.56. The Bertz CT molecular complexity index is 1060. The molecule has 2 aliphatic rings. The highest BCUT2D eigenvalue weighted by Crippen LogP contribution is 2.32. The van der Waals surface area contributed by atoms with Crippen LogP contribution < -0.4 is 5.32 Å². The number of ether oxygens (including phenoxy) is 1. The average Bonchev–Trinajstić information content (AvgIpc) is 3.50. The first-order valence-corrected chi connectivity index (χ1v) is 11.2. The third-order valence-electron chi connectivity index (χ3n) is 5.35. The smallest absolute Gasteiger partial charge is 0.282 e. The van der Waals surface area contributed by atoms with Crippen molar-refractivity contribution in [3.63, 3.8) is 0 Å². The number of nitrogens with one attached hydrogen (secondary N) is 1. The number of unbranched alkanes of at least 4 members (excludes halogenated alkanes) is 2. The molecule has 1 N–H and O–H groups in total. The van der Waals surface area contributed by atoms with E-state index in [2.05, 4.69) is 15.5 Å². The number of nitro benzene ring substituents is 1. The first kappa shape index (κ1) is 22.0. The van der Waals surface area contributed by atoms with Crippen LogP contribution in [0.5, 0.6) is 0 Å². The second-order valence-corrected chi connectivity index (χ2v) is 8.53. The fourth-order valence-corrected chi connectivity index (χ4v) is 4.62. The van der Waals surface area contributed by atoms with Gasteiger partial charge in [-0.15, -0.1) is 10.2 Å². The van der Waals surface area contributed by atoms with Crippen LogP contribution in [0.3, 0.4) is 0 Å². The molecule has 1 saturated heterocycles. The molecular weight excluding hydrogens is 438 g/mol. The molecule has 3 amide bonds. The number of anilines is 1. The monoisotopic (exact) mass is 459 g/mol. The SMILES string of the molecule is O=C(CCCCCN1C(=O)c2cccc([N+](=O)[O-])c2C1=O)Nc1nnc([C@@H]2CCCO2)s1. The van der Waals surface area contributed by atoms with Crippen LogP contribution in [-0.2, 0) is 9.53 Å². The van der Waals surface area contributed by atoms with E-state index >= 15 is 0 Å². The van der Waals surface area contributed by atoms with E-state index in [0.29, 0.717) is 31.0 Å². The molecule has 12 heteroatoms. The number of amides is 3. The van der Waals surface area contributed by atoms with Crippen molar-refractivity contribution in [3.05, 3.63) is 44.4 Å². The molecule has 0 aliphatic carbocycles. The van der Waals surface area contributed by atoms with Gasteiger partial charge in [-0.3, -0.25) is 29.4 Å². The Labute approximate surface area is 186 Å². The van der Waals surface area contributed by atoms with Gasteiger partial charge >= 0.3 is 0 Å². The topological polar surface area (TPSA) is 145 Å². The number of carbonyl (C=O) groups excluding carboxylic acids is 3. The molecule has 11 nitrogen and oxygen atoms in total. The van der Waals surface area contributed by atoms with Crippen LogP contribution in [0.15, 0.2) is 18.2 Å². The molecule has 1 atom stereocenters. The normalized spacial score (nSPS) is 17.6. The number of nitro groups is 1. The van der Waals surface area contributed by atoms with Crippen molar-refractivity contribution in [2.75, 3.05) is 18.5 Å². The number of rotatable bonds is 9. The maximum Gasteiger partial charge on any atom is 0.282 e. The van der Waals surface area contributed by atoms with E-state index in [4.69, 9.17) is 4.74 Å². The summed E-state index contributed by atoms with van der Waals surface area (Å²) >= 11 is 1.31. The highest BCUT2D eigenvalue weighted by molar-refractivity contribution is 7.15. The molecule has 0 spiro atoms. The van der Waals surface area contributed by atoms with Gasteiger partial charge in [-0.1, -0.05) is 23.8 Å². The highest BCUT2D eigenvalue weighted by atomic mass is 32.1. The lowest BCUT2D eigenvalue weighted by Crippen LogP contribution is -2.30. The fourth-order valence-electron chi connectivity index (χ4n) is 3.77. The van der Waals surface area contributed by atoms with Crippen LogP contribution in [0.25, 0.3) is 0 Å². The second-order valence-electron chi connectivity index (χ2n) is 7.52. The fraction of sp³-hybridized carbons (Fsp3) is 0.450. The highest BCUT2D eigenvalue weighted by Gasteiger charge is 2.40. The van der Waals surface area contributed by atoms with E-state index in [1.165, 1.54) is 29.5 Å². The van der Waals surface area contributed by atoms with Gasteiger partial charge in [0.15, 0.2) is 0 Å². The number of nitrogens with zero attached hydrogens (tertiary/aromatic N) is 4. The van der Waals surface area contributed by atoms with Gasteiger partial charge in [0.1, 0.15) is 16.7 Å². The summed E-state index contributed by atoms with van der Waals surface area (Å²) in [7, 11) is 0. The number of hydrogen-bond acceptors (Lipinski definition) is 9. The molecule has 1 aromatic carbocycles. The van der Waals surface area contributed by atoms with E-state index in [9.17, 15) is 24.5 Å². The molecule has 2 aromatic rings. The van der Waals surface area contributed by atoms with Crippen molar-refractivity contribution in [3.8, 4) is 0 Å². The summed E-state index contributed by atoms with van der Waals surface area (Å²) in [6.07, 6.45) is 3.79. The summed E-state index contributed by atoms with van der Waals surface area (Å²) in [4.78, 5) is 48.6. The van der Waals surface area contributed by atoms with E-state index in [1.807, 2.05) is 0 Å². The summed E-state index contributed by atoms with van der Waals surface area (Å²) in [6.45, 7) is 0.857. The molecule has 1 aromatic heterocycles. The van der Waals surface area contributed by atoms with Crippen molar-refractivity contribution in [1.82, 2.24) is 15.1 Å². The molecular formula is C20H21N5O6S. The Morgan fingerprint density at radius 1 is 1.25 bits per heavy atom. The second kappa shape index (κ2) is 9.49. The van der Waals surface area contributed by atoms with Gasteiger partial charge in [0.2, 0.25) is 11.0 Å². The zero-order valence-corrected chi connectivity index (χ0v) is 17.9. The van der Waals surface area contributed by atoms with Crippen LogP contribution in [0, 0.1) is 10.1 Å². The van der Waals surface area contributed by atoms with Crippen LogP contribution in [-0.4, -0.2) is 50.9 Å². The molecule has 0 bridgehead atoms. The Balaban J connectivity index is 1.21. The molecule has 0 radical (unpaired) electrons. The summed E-state index contributed by atoms with van der Waals surface area (Å²) in [6, 6.07) is 4.03. The number of aromatic nitrogens is 2. The first-order chi connectivity index (χ1) is 15.5. The zero-order chi connectivity index (χ0) is 22.7. The average molecular weight is 459 g/mol.